The van der Waals surface area contributed by atoms with Gasteiger partial charge in [0, 0.05) is 31.8 Å². The van der Waals surface area contributed by atoms with Crippen LogP contribution in [0.15, 0.2) is 23.4 Å². The van der Waals surface area contributed by atoms with Crippen molar-refractivity contribution in [2.75, 3.05) is 25.0 Å². The minimum atomic E-state index is -3.60. The third kappa shape index (κ3) is 3.47. The summed E-state index contributed by atoms with van der Waals surface area (Å²) in [6.07, 6.45) is 2.46. The smallest absolute Gasteiger partial charge is 0.260 e. The van der Waals surface area contributed by atoms with Gasteiger partial charge in [-0.3, -0.25) is 0 Å². The fourth-order valence-electron chi connectivity index (χ4n) is 2.26. The maximum atomic E-state index is 12.3. The highest BCUT2D eigenvalue weighted by molar-refractivity contribution is 7.89. The van der Waals surface area contributed by atoms with Crippen LogP contribution in [0.1, 0.15) is 20.3 Å². The number of rotatable bonds is 6. The first-order valence-electron chi connectivity index (χ1n) is 6.84. The van der Waals surface area contributed by atoms with E-state index >= 15 is 0 Å². The summed E-state index contributed by atoms with van der Waals surface area (Å²) in [5.41, 5.74) is 0.526. The maximum absolute atomic E-state index is 12.3. The van der Waals surface area contributed by atoms with Gasteiger partial charge in [-0.05, 0) is 32.4 Å². The average molecular weight is 299 g/mol. The van der Waals surface area contributed by atoms with Crippen molar-refractivity contribution in [1.29, 1.82) is 0 Å². The summed E-state index contributed by atoms with van der Waals surface area (Å²) in [7, 11) is -3.60. The van der Waals surface area contributed by atoms with E-state index in [0.717, 1.165) is 6.42 Å². The van der Waals surface area contributed by atoms with E-state index in [4.69, 9.17) is 4.74 Å². The number of aromatic nitrogens is 1. The van der Waals surface area contributed by atoms with Gasteiger partial charge in [-0.1, -0.05) is 0 Å². The predicted octanol–water partition coefficient (Wildman–Crippen LogP) is 1.22. The first-order valence-corrected chi connectivity index (χ1v) is 8.33. The number of sulfonamides is 1. The van der Waals surface area contributed by atoms with Crippen LogP contribution in [-0.4, -0.2) is 39.2 Å². The van der Waals surface area contributed by atoms with Crippen LogP contribution in [0.3, 0.4) is 0 Å². The maximum Gasteiger partial charge on any atom is 0.260 e. The van der Waals surface area contributed by atoms with Gasteiger partial charge < -0.3 is 10.1 Å². The molecule has 2 rings (SSSR count). The van der Waals surface area contributed by atoms with Crippen molar-refractivity contribution in [2.45, 2.75) is 31.4 Å². The highest BCUT2D eigenvalue weighted by Gasteiger charge is 2.27. The minimum Gasteiger partial charge on any atom is -0.383 e. The van der Waals surface area contributed by atoms with E-state index in [-0.39, 0.29) is 17.0 Å². The third-order valence-electron chi connectivity index (χ3n) is 3.46. The van der Waals surface area contributed by atoms with Crippen LogP contribution in [-0.2, 0) is 14.8 Å². The van der Waals surface area contributed by atoms with Crippen molar-refractivity contribution in [1.82, 2.24) is 9.71 Å². The van der Waals surface area contributed by atoms with Gasteiger partial charge in [0.1, 0.15) is 0 Å². The molecule has 112 valence electrons. The van der Waals surface area contributed by atoms with E-state index in [1.165, 1.54) is 6.20 Å². The van der Waals surface area contributed by atoms with Gasteiger partial charge in [0.25, 0.3) is 10.0 Å². The van der Waals surface area contributed by atoms with E-state index in [1.54, 1.807) is 12.1 Å². The molecule has 1 aromatic heterocycles. The monoisotopic (exact) mass is 299 g/mol. The standard InChI is InChI=1S/C13H21N3O3S/c1-3-14-12-5-4-7-15-13(12)20(17,18)16-9-11-6-8-19-10(11)2/h4-5,7,10-11,14,16H,3,6,8-9H2,1-2H3. The highest BCUT2D eigenvalue weighted by Crippen LogP contribution is 2.21. The molecule has 0 saturated carbocycles. The Morgan fingerprint density at radius 1 is 1.50 bits per heavy atom. The summed E-state index contributed by atoms with van der Waals surface area (Å²) in [4.78, 5) is 3.99. The Hall–Kier alpha value is -1.18. The Bertz CT molecular complexity index is 548. The van der Waals surface area contributed by atoms with Crippen LogP contribution in [0.25, 0.3) is 0 Å². The van der Waals surface area contributed by atoms with Gasteiger partial charge >= 0.3 is 0 Å². The summed E-state index contributed by atoms with van der Waals surface area (Å²) in [6, 6.07) is 3.43. The zero-order valence-electron chi connectivity index (χ0n) is 11.8. The lowest BCUT2D eigenvalue weighted by Gasteiger charge is -2.16. The van der Waals surface area contributed by atoms with E-state index in [9.17, 15) is 8.42 Å². The highest BCUT2D eigenvalue weighted by atomic mass is 32.2. The first kappa shape index (κ1) is 15.2. The average Bonchev–Trinajstić information content (AvgIpc) is 2.83. The van der Waals surface area contributed by atoms with E-state index in [2.05, 4.69) is 15.0 Å². The molecule has 2 N–H and O–H groups in total. The molecular weight excluding hydrogens is 278 g/mol. The fourth-order valence-corrected chi connectivity index (χ4v) is 3.46. The second kappa shape index (κ2) is 6.51. The summed E-state index contributed by atoms with van der Waals surface area (Å²) >= 11 is 0. The topological polar surface area (TPSA) is 80.3 Å². The SMILES string of the molecule is CCNc1cccnc1S(=O)(=O)NCC1CCOC1C. The van der Waals surface area contributed by atoms with E-state index in [0.29, 0.717) is 25.4 Å². The van der Waals surface area contributed by atoms with Crippen molar-refractivity contribution in [3.8, 4) is 0 Å². The predicted molar refractivity (Wildman–Crippen MR) is 77.1 cm³/mol. The molecule has 0 aliphatic carbocycles. The molecule has 0 radical (unpaired) electrons. The number of nitrogens with zero attached hydrogens (tertiary/aromatic N) is 1. The van der Waals surface area contributed by atoms with Gasteiger partial charge in [-0.15, -0.1) is 0 Å². The zero-order chi connectivity index (χ0) is 14.6. The van der Waals surface area contributed by atoms with Crippen LogP contribution in [0.5, 0.6) is 0 Å². The van der Waals surface area contributed by atoms with Crippen molar-refractivity contribution < 1.29 is 13.2 Å². The Morgan fingerprint density at radius 2 is 2.30 bits per heavy atom. The van der Waals surface area contributed by atoms with Gasteiger partial charge in [0.15, 0.2) is 5.03 Å². The van der Waals surface area contributed by atoms with Crippen LogP contribution in [0, 0.1) is 5.92 Å². The second-order valence-corrected chi connectivity index (χ2v) is 6.55. The molecule has 20 heavy (non-hydrogen) atoms. The number of anilines is 1. The molecule has 1 aliphatic heterocycles. The van der Waals surface area contributed by atoms with Gasteiger partial charge in [-0.2, -0.15) is 0 Å². The molecule has 2 atom stereocenters. The molecule has 0 bridgehead atoms. The molecular formula is C13H21N3O3S. The third-order valence-corrected chi connectivity index (χ3v) is 4.84. The second-order valence-electron chi connectivity index (χ2n) is 4.86. The molecule has 6 nitrogen and oxygen atoms in total. The van der Waals surface area contributed by atoms with E-state index in [1.807, 2.05) is 13.8 Å². The lowest BCUT2D eigenvalue weighted by atomic mass is 10.0. The largest absolute Gasteiger partial charge is 0.383 e. The normalized spacial score (nSPS) is 22.9. The number of pyridine rings is 1. The van der Waals surface area contributed by atoms with Gasteiger partial charge in [0.2, 0.25) is 0 Å². The van der Waals surface area contributed by atoms with Crippen molar-refractivity contribution >= 4 is 15.7 Å². The summed E-state index contributed by atoms with van der Waals surface area (Å²) in [6.45, 7) is 5.60. The molecule has 0 amide bonds. The molecule has 0 aromatic carbocycles. The Kier molecular flexibility index (Phi) is 4.95. The Labute approximate surface area is 120 Å². The van der Waals surface area contributed by atoms with Crippen molar-refractivity contribution in [3.05, 3.63) is 18.3 Å². The van der Waals surface area contributed by atoms with Crippen LogP contribution in [0.2, 0.25) is 0 Å². The first-order chi connectivity index (χ1) is 9.54. The lowest BCUT2D eigenvalue weighted by Crippen LogP contribution is -2.32. The molecule has 1 aromatic rings. The number of ether oxygens (including phenoxy) is 1. The number of hydrogen-bond acceptors (Lipinski definition) is 5. The lowest BCUT2D eigenvalue weighted by molar-refractivity contribution is 0.107. The molecule has 2 heterocycles. The quantitative estimate of drug-likeness (QED) is 0.825. The van der Waals surface area contributed by atoms with Gasteiger partial charge in [0.05, 0.1) is 11.8 Å². The fraction of sp³-hybridized carbons (Fsp3) is 0.615. The van der Waals surface area contributed by atoms with Crippen LogP contribution in [0.4, 0.5) is 5.69 Å². The molecule has 2 unspecified atom stereocenters. The summed E-state index contributed by atoms with van der Waals surface area (Å²) in [5.74, 6) is 0.219. The summed E-state index contributed by atoms with van der Waals surface area (Å²) < 4.78 is 32.7. The number of hydrogen-bond donors (Lipinski definition) is 2. The van der Waals surface area contributed by atoms with E-state index < -0.39 is 10.0 Å². The van der Waals surface area contributed by atoms with Crippen LogP contribution < -0.4 is 10.0 Å². The van der Waals surface area contributed by atoms with Crippen LogP contribution >= 0.6 is 0 Å². The number of nitrogens with one attached hydrogen (secondary N) is 2. The minimum absolute atomic E-state index is 0.0495. The van der Waals surface area contributed by atoms with Crippen molar-refractivity contribution in [3.63, 3.8) is 0 Å². The Balaban J connectivity index is 2.10. The molecule has 1 fully saturated rings. The molecule has 1 saturated heterocycles. The Morgan fingerprint density at radius 3 is 2.95 bits per heavy atom. The van der Waals surface area contributed by atoms with Crippen molar-refractivity contribution in [2.24, 2.45) is 5.92 Å². The zero-order valence-corrected chi connectivity index (χ0v) is 12.6. The molecule has 7 heteroatoms. The molecule has 0 spiro atoms. The summed E-state index contributed by atoms with van der Waals surface area (Å²) in [5, 5.41) is 3.06. The molecule has 1 aliphatic rings. The van der Waals surface area contributed by atoms with Gasteiger partial charge in [-0.25, -0.2) is 18.1 Å².